The molecule has 0 fully saturated rings. The Morgan fingerprint density at radius 3 is 2.85 bits per heavy atom. The molecule has 1 amide bonds. The second-order valence-corrected chi connectivity index (χ2v) is 6.36. The van der Waals surface area contributed by atoms with Crippen molar-refractivity contribution in [2.24, 2.45) is 0 Å². The molecule has 7 nitrogen and oxygen atoms in total. The summed E-state index contributed by atoms with van der Waals surface area (Å²) < 4.78 is 47.7. The molecule has 0 saturated heterocycles. The Morgan fingerprint density at radius 2 is 2.23 bits per heavy atom. The molecular weight excluding hydrogens is 373 g/mol. The topological polar surface area (TPSA) is 82.2 Å². The fraction of sp³-hybridized carbons (Fsp3) is 0.533. The Balaban J connectivity index is 1.82. The number of furan rings is 1. The van der Waals surface area contributed by atoms with E-state index in [9.17, 15) is 18.0 Å². The summed E-state index contributed by atoms with van der Waals surface area (Å²) in [5.74, 6) is 0.864. The Hall–Kier alpha value is -2.01. The van der Waals surface area contributed by atoms with Gasteiger partial charge in [0.25, 0.3) is 0 Å². The molecule has 2 rings (SSSR count). The fourth-order valence-corrected chi connectivity index (χ4v) is 2.92. The third kappa shape index (κ3) is 6.06. The second-order valence-electron chi connectivity index (χ2n) is 5.42. The van der Waals surface area contributed by atoms with Crippen molar-refractivity contribution in [2.75, 3.05) is 19.0 Å². The van der Waals surface area contributed by atoms with Gasteiger partial charge in [-0.1, -0.05) is 11.8 Å². The van der Waals surface area contributed by atoms with Crippen LogP contribution < -0.4 is 5.32 Å². The highest BCUT2D eigenvalue weighted by Gasteiger charge is 2.27. The smallest absolute Gasteiger partial charge is 0.411 e. The van der Waals surface area contributed by atoms with Crippen LogP contribution in [0, 0.1) is 0 Å². The molecule has 1 N–H and O–H groups in total. The Morgan fingerprint density at radius 1 is 1.46 bits per heavy atom. The molecule has 0 saturated carbocycles. The van der Waals surface area contributed by atoms with E-state index in [0.717, 1.165) is 0 Å². The van der Waals surface area contributed by atoms with E-state index in [1.807, 2.05) is 11.5 Å². The molecule has 1 unspecified atom stereocenters. The summed E-state index contributed by atoms with van der Waals surface area (Å²) in [4.78, 5) is 11.9. The van der Waals surface area contributed by atoms with Gasteiger partial charge in [0.15, 0.2) is 16.7 Å². The number of ether oxygens (including phenoxy) is 1. The normalized spacial score (nSPS) is 13.0. The van der Waals surface area contributed by atoms with Crippen LogP contribution in [0.25, 0.3) is 11.6 Å². The average Bonchev–Trinajstić information content (AvgIpc) is 3.20. The molecule has 2 aromatic heterocycles. The molecule has 0 spiro atoms. The molecule has 0 aliphatic carbocycles. The van der Waals surface area contributed by atoms with Gasteiger partial charge in [0.1, 0.15) is 6.61 Å². The third-order valence-corrected chi connectivity index (χ3v) is 4.11. The number of carbonyl (C=O) groups excluding carboxylic acids is 1. The van der Waals surface area contributed by atoms with Crippen LogP contribution >= 0.6 is 11.8 Å². The fourth-order valence-electron chi connectivity index (χ4n) is 2.11. The van der Waals surface area contributed by atoms with Crippen LogP contribution in [0.2, 0.25) is 0 Å². The minimum absolute atomic E-state index is 0.0555. The van der Waals surface area contributed by atoms with Crippen molar-refractivity contribution in [3.63, 3.8) is 0 Å². The van der Waals surface area contributed by atoms with Gasteiger partial charge in [-0.3, -0.25) is 9.36 Å². The number of alkyl halides is 3. The zero-order valence-electron chi connectivity index (χ0n) is 14.2. The molecule has 1 atom stereocenters. The molecule has 0 aromatic carbocycles. The lowest BCUT2D eigenvalue weighted by Gasteiger charge is -2.15. The molecule has 144 valence electrons. The van der Waals surface area contributed by atoms with Crippen molar-refractivity contribution >= 4 is 17.7 Å². The average molecular weight is 392 g/mol. The van der Waals surface area contributed by atoms with Crippen molar-refractivity contribution in [1.29, 1.82) is 0 Å². The lowest BCUT2D eigenvalue weighted by Crippen LogP contribution is -2.37. The minimum atomic E-state index is -4.38. The first-order valence-corrected chi connectivity index (χ1v) is 8.82. The van der Waals surface area contributed by atoms with Crippen LogP contribution in [0.5, 0.6) is 0 Å². The largest absolute Gasteiger partial charge is 0.461 e. The van der Waals surface area contributed by atoms with Gasteiger partial charge in [0, 0.05) is 12.6 Å². The molecule has 0 radical (unpaired) electrons. The number of rotatable bonds is 9. The first-order valence-electron chi connectivity index (χ1n) is 7.84. The minimum Gasteiger partial charge on any atom is -0.461 e. The highest BCUT2D eigenvalue weighted by molar-refractivity contribution is 7.99. The highest BCUT2D eigenvalue weighted by atomic mass is 32.2. The number of nitrogens with zero attached hydrogens (tertiary/aromatic N) is 3. The van der Waals surface area contributed by atoms with E-state index in [-0.39, 0.29) is 18.3 Å². The molecule has 0 bridgehead atoms. The summed E-state index contributed by atoms with van der Waals surface area (Å²) in [6.45, 7) is 2.53. The van der Waals surface area contributed by atoms with Crippen molar-refractivity contribution in [3.05, 3.63) is 18.4 Å². The number of halogens is 3. The van der Waals surface area contributed by atoms with E-state index >= 15 is 0 Å². The van der Waals surface area contributed by atoms with Gasteiger partial charge in [-0.15, -0.1) is 10.2 Å². The van der Waals surface area contributed by atoms with Gasteiger partial charge in [0.2, 0.25) is 5.91 Å². The summed E-state index contributed by atoms with van der Waals surface area (Å²) in [6.07, 6.45) is -2.85. The van der Waals surface area contributed by atoms with Gasteiger partial charge in [-0.25, -0.2) is 0 Å². The standard InChI is InChI=1S/C15H19F3N4O3S/c1-3-22-13(11-5-4-6-25-11)20-21-14(22)26-8-12(23)19-10(2)7-24-9-15(16,17)18/h4-6,10H,3,7-9H2,1-2H3,(H,19,23). The van der Waals surface area contributed by atoms with Crippen molar-refractivity contribution < 1.29 is 27.1 Å². The zero-order chi connectivity index (χ0) is 19.2. The summed E-state index contributed by atoms with van der Waals surface area (Å²) >= 11 is 1.18. The lowest BCUT2D eigenvalue weighted by atomic mass is 10.3. The first-order chi connectivity index (χ1) is 12.3. The maximum atomic E-state index is 12.0. The van der Waals surface area contributed by atoms with Crippen molar-refractivity contribution in [2.45, 2.75) is 37.8 Å². The van der Waals surface area contributed by atoms with Crippen LogP contribution in [-0.2, 0) is 16.1 Å². The third-order valence-electron chi connectivity index (χ3n) is 3.15. The first kappa shape index (κ1) is 20.3. The van der Waals surface area contributed by atoms with Crippen molar-refractivity contribution in [1.82, 2.24) is 20.1 Å². The number of thioether (sulfide) groups is 1. The molecule has 26 heavy (non-hydrogen) atoms. The molecule has 0 aliphatic heterocycles. The summed E-state index contributed by atoms with van der Waals surface area (Å²) in [5, 5.41) is 11.3. The second kappa shape index (κ2) is 9.08. The summed E-state index contributed by atoms with van der Waals surface area (Å²) in [5.41, 5.74) is 0. The molecule has 11 heteroatoms. The van der Waals surface area contributed by atoms with Gasteiger partial charge in [-0.2, -0.15) is 13.2 Å². The molecular formula is C15H19F3N4O3S. The maximum absolute atomic E-state index is 12.0. The number of hydrogen-bond donors (Lipinski definition) is 1. The maximum Gasteiger partial charge on any atom is 0.411 e. The lowest BCUT2D eigenvalue weighted by molar-refractivity contribution is -0.175. The van der Waals surface area contributed by atoms with Gasteiger partial charge < -0.3 is 14.5 Å². The molecule has 0 aliphatic rings. The number of hydrogen-bond acceptors (Lipinski definition) is 6. The van der Waals surface area contributed by atoms with E-state index in [4.69, 9.17) is 4.42 Å². The van der Waals surface area contributed by atoms with E-state index in [0.29, 0.717) is 23.3 Å². The number of nitrogens with one attached hydrogen (secondary N) is 1. The Bertz CT molecular complexity index is 704. The monoisotopic (exact) mass is 392 g/mol. The number of aromatic nitrogens is 3. The van der Waals surface area contributed by atoms with Crippen LogP contribution in [-0.4, -0.2) is 51.9 Å². The zero-order valence-corrected chi connectivity index (χ0v) is 15.1. The summed E-state index contributed by atoms with van der Waals surface area (Å²) in [6, 6.07) is 2.97. The quantitative estimate of drug-likeness (QED) is 0.661. The van der Waals surface area contributed by atoms with E-state index in [2.05, 4.69) is 20.3 Å². The highest BCUT2D eigenvalue weighted by Crippen LogP contribution is 2.24. The Kier molecular flexibility index (Phi) is 7.09. The molecule has 2 aromatic rings. The van der Waals surface area contributed by atoms with E-state index in [1.165, 1.54) is 18.0 Å². The van der Waals surface area contributed by atoms with Crippen LogP contribution in [0.4, 0.5) is 13.2 Å². The molecule has 2 heterocycles. The Labute approximate surface area is 152 Å². The van der Waals surface area contributed by atoms with Crippen LogP contribution in [0.15, 0.2) is 28.0 Å². The van der Waals surface area contributed by atoms with Crippen LogP contribution in [0.3, 0.4) is 0 Å². The summed E-state index contributed by atoms with van der Waals surface area (Å²) in [7, 11) is 0. The van der Waals surface area contributed by atoms with Gasteiger partial charge in [-0.05, 0) is 26.0 Å². The predicted molar refractivity (Wildman–Crippen MR) is 88.6 cm³/mol. The van der Waals surface area contributed by atoms with Crippen LogP contribution in [0.1, 0.15) is 13.8 Å². The predicted octanol–water partition coefficient (Wildman–Crippen LogP) is 2.73. The number of carbonyl (C=O) groups is 1. The SMILES string of the molecule is CCn1c(SCC(=O)NC(C)COCC(F)(F)F)nnc1-c1ccco1. The van der Waals surface area contributed by atoms with Gasteiger partial charge in [0.05, 0.1) is 18.6 Å². The number of amides is 1. The van der Waals surface area contributed by atoms with Crippen molar-refractivity contribution in [3.8, 4) is 11.6 Å². The van der Waals surface area contributed by atoms with E-state index < -0.39 is 18.8 Å². The van der Waals surface area contributed by atoms with Gasteiger partial charge >= 0.3 is 6.18 Å². The van der Waals surface area contributed by atoms with E-state index in [1.54, 1.807) is 19.1 Å².